The lowest BCUT2D eigenvalue weighted by molar-refractivity contribution is -0.145. The fourth-order valence-electron chi connectivity index (χ4n) is 3.96. The van der Waals surface area contributed by atoms with Gasteiger partial charge in [-0.2, -0.15) is 0 Å². The maximum absolute atomic E-state index is 7.00. The molecule has 0 aliphatic carbocycles. The van der Waals surface area contributed by atoms with Crippen LogP contribution >= 0.6 is 0 Å². The Balaban J connectivity index is 2.12. The molecule has 0 spiro atoms. The molecule has 0 radical (unpaired) electrons. The summed E-state index contributed by atoms with van der Waals surface area (Å²) >= 11 is 0. The third-order valence-electron chi connectivity index (χ3n) is 5.25. The van der Waals surface area contributed by atoms with Crippen LogP contribution < -0.4 is 10.4 Å². The van der Waals surface area contributed by atoms with Crippen molar-refractivity contribution in [3.8, 4) is 12.3 Å². The Morgan fingerprint density at radius 1 is 1.04 bits per heavy atom. The Morgan fingerprint density at radius 3 is 1.89 bits per heavy atom. The van der Waals surface area contributed by atoms with Gasteiger partial charge in [0.2, 0.25) is 0 Å². The maximum Gasteiger partial charge on any atom is 0.262 e. The molecule has 1 aliphatic heterocycles. The van der Waals surface area contributed by atoms with Gasteiger partial charge in [0.05, 0.1) is 6.61 Å². The summed E-state index contributed by atoms with van der Waals surface area (Å²) in [4.78, 5) is 0. The van der Waals surface area contributed by atoms with Crippen molar-refractivity contribution >= 4 is 18.7 Å². The Hall–Kier alpha value is -1.90. The molecule has 0 unspecified atom stereocenters. The second-order valence-corrected chi connectivity index (χ2v) is 13.0. The van der Waals surface area contributed by atoms with E-state index in [1.807, 2.05) is 26.0 Å². The maximum atomic E-state index is 7.00. The molecule has 1 aliphatic rings. The third kappa shape index (κ3) is 3.94. The minimum absolute atomic E-state index is 0.139. The Bertz CT molecular complexity index is 779. The first-order chi connectivity index (χ1) is 13.2. The van der Waals surface area contributed by atoms with Crippen LogP contribution in [0.2, 0.25) is 5.04 Å². The summed E-state index contributed by atoms with van der Waals surface area (Å²) in [6.07, 6.45) is 5.18. The van der Waals surface area contributed by atoms with Crippen LogP contribution in [0.4, 0.5) is 0 Å². The van der Waals surface area contributed by atoms with Gasteiger partial charge >= 0.3 is 0 Å². The fourth-order valence-corrected chi connectivity index (χ4v) is 8.58. The van der Waals surface area contributed by atoms with Crippen LogP contribution in [0.1, 0.15) is 34.6 Å². The molecule has 148 valence electrons. The quantitative estimate of drug-likeness (QED) is 0.571. The molecule has 0 aromatic heterocycles. The molecule has 0 bridgehead atoms. The first-order valence-electron chi connectivity index (χ1n) is 9.76. The van der Waals surface area contributed by atoms with E-state index in [1.54, 1.807) is 0 Å². The molecular formula is C24H30O3Si. The largest absolute Gasteiger partial charge is 0.391 e. The summed E-state index contributed by atoms with van der Waals surface area (Å²) in [6, 6.07) is 21.0. The summed E-state index contributed by atoms with van der Waals surface area (Å²) in [5.74, 6) is 2.21. The summed E-state index contributed by atoms with van der Waals surface area (Å²) < 4.78 is 18.8. The lowest BCUT2D eigenvalue weighted by Gasteiger charge is -2.45. The highest BCUT2D eigenvalue weighted by Gasteiger charge is 2.53. The molecule has 1 saturated heterocycles. The zero-order valence-corrected chi connectivity index (χ0v) is 18.4. The van der Waals surface area contributed by atoms with E-state index < -0.39 is 20.2 Å². The summed E-state index contributed by atoms with van der Waals surface area (Å²) in [6.45, 7) is 11.0. The number of hydrogen-bond donors (Lipinski definition) is 0. The smallest absolute Gasteiger partial charge is 0.262 e. The van der Waals surface area contributed by atoms with E-state index in [2.05, 4.69) is 75.2 Å². The number of hydrogen-bond acceptors (Lipinski definition) is 3. The lowest BCUT2D eigenvalue weighted by atomic mass is 10.2. The van der Waals surface area contributed by atoms with Gasteiger partial charge < -0.3 is 13.9 Å². The van der Waals surface area contributed by atoms with Gasteiger partial charge in [0.1, 0.15) is 12.2 Å². The zero-order valence-electron chi connectivity index (χ0n) is 17.4. The summed E-state index contributed by atoms with van der Waals surface area (Å²) in [7, 11) is -2.73. The predicted molar refractivity (Wildman–Crippen MR) is 116 cm³/mol. The van der Waals surface area contributed by atoms with Gasteiger partial charge in [0, 0.05) is 0 Å². The molecule has 1 heterocycles. The molecule has 0 N–H and O–H groups in total. The number of benzene rings is 2. The molecule has 0 saturated carbocycles. The van der Waals surface area contributed by atoms with Crippen LogP contribution in [0, 0.1) is 12.3 Å². The van der Waals surface area contributed by atoms with Crippen LogP contribution in [0.3, 0.4) is 0 Å². The molecule has 2 aromatic rings. The van der Waals surface area contributed by atoms with E-state index in [0.717, 1.165) is 0 Å². The minimum Gasteiger partial charge on any atom is -0.391 e. The minimum atomic E-state index is -2.73. The average molecular weight is 395 g/mol. The Morgan fingerprint density at radius 2 is 1.54 bits per heavy atom. The third-order valence-corrected chi connectivity index (χ3v) is 10.3. The monoisotopic (exact) mass is 394 g/mol. The molecule has 3 nitrogen and oxygen atoms in total. The van der Waals surface area contributed by atoms with E-state index in [1.165, 1.54) is 10.4 Å². The van der Waals surface area contributed by atoms with Gasteiger partial charge in [-0.1, -0.05) is 87.4 Å². The van der Waals surface area contributed by atoms with Crippen LogP contribution in [0.5, 0.6) is 0 Å². The van der Waals surface area contributed by atoms with Crippen molar-refractivity contribution in [2.45, 2.75) is 57.7 Å². The molecule has 0 amide bonds. The van der Waals surface area contributed by atoms with Crippen LogP contribution in [0.15, 0.2) is 60.7 Å². The van der Waals surface area contributed by atoms with Gasteiger partial charge in [-0.3, -0.25) is 0 Å². The van der Waals surface area contributed by atoms with Crippen molar-refractivity contribution in [1.29, 1.82) is 0 Å². The normalized spacial score (nSPS) is 20.5. The van der Waals surface area contributed by atoms with E-state index in [0.29, 0.717) is 6.61 Å². The van der Waals surface area contributed by atoms with Crippen molar-refractivity contribution in [1.82, 2.24) is 0 Å². The SMILES string of the molecule is C#C[C@H](O[Si](c1ccccc1)(c1ccccc1)C(C)(C)C)[C@H]1COC(C)(C)O1. The molecular weight excluding hydrogens is 364 g/mol. The molecule has 28 heavy (non-hydrogen) atoms. The van der Waals surface area contributed by atoms with Crippen molar-refractivity contribution in [2.24, 2.45) is 0 Å². The van der Waals surface area contributed by atoms with Crippen molar-refractivity contribution < 1.29 is 13.9 Å². The van der Waals surface area contributed by atoms with Gasteiger partial charge in [-0.25, -0.2) is 0 Å². The van der Waals surface area contributed by atoms with Gasteiger partial charge in [0.25, 0.3) is 8.32 Å². The van der Waals surface area contributed by atoms with Crippen LogP contribution in [0.25, 0.3) is 0 Å². The van der Waals surface area contributed by atoms with E-state index in [9.17, 15) is 0 Å². The van der Waals surface area contributed by atoms with Gasteiger partial charge in [-0.05, 0) is 29.3 Å². The van der Waals surface area contributed by atoms with E-state index in [4.69, 9.17) is 20.3 Å². The first-order valence-corrected chi connectivity index (χ1v) is 11.7. The molecule has 3 rings (SSSR count). The highest BCUT2D eigenvalue weighted by Crippen LogP contribution is 2.38. The fraction of sp³-hybridized carbons (Fsp3) is 0.417. The highest BCUT2D eigenvalue weighted by atomic mass is 28.4. The number of terminal acetylenes is 1. The molecule has 4 heteroatoms. The second-order valence-electron chi connectivity index (χ2n) is 8.74. The topological polar surface area (TPSA) is 27.7 Å². The van der Waals surface area contributed by atoms with Gasteiger partial charge in [0.15, 0.2) is 5.79 Å². The molecule has 2 atom stereocenters. The number of rotatable bonds is 5. The zero-order chi connectivity index (χ0) is 20.4. The Labute approximate surface area is 170 Å². The molecule has 2 aromatic carbocycles. The average Bonchev–Trinajstić information content (AvgIpc) is 3.03. The van der Waals surface area contributed by atoms with Crippen molar-refractivity contribution in [3.05, 3.63) is 60.7 Å². The summed E-state index contributed by atoms with van der Waals surface area (Å²) in [5, 5.41) is 2.26. The first kappa shape index (κ1) is 20.8. The Kier molecular flexibility index (Phi) is 5.83. The highest BCUT2D eigenvalue weighted by molar-refractivity contribution is 6.99. The standard InChI is InChI=1S/C24H30O3Si/c1-7-21(22-18-25-24(5,6)26-22)27-28(23(2,3)4,19-14-10-8-11-15-19)20-16-12-9-13-17-20/h1,8-17,21-22H,18H2,2-6H3/t21-,22+/m0/s1. The van der Waals surface area contributed by atoms with E-state index in [-0.39, 0.29) is 11.1 Å². The van der Waals surface area contributed by atoms with Crippen LogP contribution in [-0.2, 0) is 13.9 Å². The van der Waals surface area contributed by atoms with Crippen molar-refractivity contribution in [2.75, 3.05) is 6.61 Å². The second kappa shape index (κ2) is 7.85. The lowest BCUT2D eigenvalue weighted by Crippen LogP contribution is -2.68. The predicted octanol–water partition coefficient (Wildman–Crippen LogP) is 3.72. The van der Waals surface area contributed by atoms with E-state index >= 15 is 0 Å². The number of ether oxygens (including phenoxy) is 2. The molecule has 1 fully saturated rings. The summed E-state index contributed by atoms with van der Waals surface area (Å²) in [5.41, 5.74) is 0. The van der Waals surface area contributed by atoms with Gasteiger partial charge in [-0.15, -0.1) is 6.42 Å². The van der Waals surface area contributed by atoms with Crippen LogP contribution in [-0.4, -0.2) is 32.9 Å². The van der Waals surface area contributed by atoms with Crippen molar-refractivity contribution in [3.63, 3.8) is 0 Å².